The molecule has 1 aromatic heterocycles. The monoisotopic (exact) mass is 403 g/mol. The molecule has 1 aliphatic heterocycles. The minimum Gasteiger partial charge on any atom is -0.354 e. The van der Waals surface area contributed by atoms with E-state index in [2.05, 4.69) is 10.3 Å². The highest BCUT2D eigenvalue weighted by Crippen LogP contribution is 2.29. The number of piperazine rings is 1. The molecule has 0 aliphatic carbocycles. The Labute approximate surface area is 166 Å². The van der Waals surface area contributed by atoms with Gasteiger partial charge in [0.1, 0.15) is 11.9 Å². The molecule has 2 aromatic rings. The lowest BCUT2D eigenvalue weighted by Gasteiger charge is -2.38. The molecule has 29 heavy (non-hydrogen) atoms. The van der Waals surface area contributed by atoms with Gasteiger partial charge in [0.15, 0.2) is 0 Å². The number of anilines is 2. The Hall–Kier alpha value is -3.12. The smallest absolute Gasteiger partial charge is 0.354 e. The molecule has 0 bridgehead atoms. The number of halogens is 3. The minimum atomic E-state index is -4.41. The van der Waals surface area contributed by atoms with Gasteiger partial charge in [-0.25, -0.2) is 4.98 Å². The van der Waals surface area contributed by atoms with Crippen molar-refractivity contribution >= 4 is 17.4 Å². The number of nitrogens with one attached hydrogen (secondary N) is 1. The number of hydrogen-bond acceptors (Lipinski definition) is 5. The van der Waals surface area contributed by atoms with Crippen molar-refractivity contribution in [3.8, 4) is 6.07 Å². The fourth-order valence-electron chi connectivity index (χ4n) is 3.17. The van der Waals surface area contributed by atoms with Gasteiger partial charge in [-0.2, -0.15) is 18.4 Å². The number of pyridine rings is 1. The number of rotatable bonds is 4. The van der Waals surface area contributed by atoms with Crippen molar-refractivity contribution in [3.63, 3.8) is 0 Å². The zero-order valence-electron chi connectivity index (χ0n) is 15.8. The van der Waals surface area contributed by atoms with Crippen molar-refractivity contribution in [2.24, 2.45) is 0 Å². The Bertz CT molecular complexity index is 900. The molecule has 0 unspecified atom stereocenters. The number of amides is 1. The third kappa shape index (κ3) is 4.84. The number of carbonyl (C=O) groups excluding carboxylic acids is 1. The lowest BCUT2D eigenvalue weighted by atomic mass is 10.1. The van der Waals surface area contributed by atoms with Crippen LogP contribution in [0.2, 0.25) is 0 Å². The summed E-state index contributed by atoms with van der Waals surface area (Å²) in [6, 6.07) is 10.8. The fourth-order valence-corrected chi connectivity index (χ4v) is 3.17. The van der Waals surface area contributed by atoms with Gasteiger partial charge >= 0.3 is 6.18 Å². The van der Waals surface area contributed by atoms with E-state index < -0.39 is 17.8 Å². The van der Waals surface area contributed by atoms with Gasteiger partial charge in [-0.05, 0) is 31.2 Å². The van der Waals surface area contributed by atoms with E-state index in [0.29, 0.717) is 43.2 Å². The first-order valence-corrected chi connectivity index (χ1v) is 9.12. The zero-order valence-corrected chi connectivity index (χ0v) is 15.8. The van der Waals surface area contributed by atoms with E-state index in [1.165, 1.54) is 6.07 Å². The van der Waals surface area contributed by atoms with E-state index in [0.717, 1.165) is 12.3 Å². The van der Waals surface area contributed by atoms with Crippen LogP contribution in [0.4, 0.5) is 24.7 Å². The summed E-state index contributed by atoms with van der Waals surface area (Å²) in [5.74, 6) is 0.270. The Morgan fingerprint density at radius 1 is 1.17 bits per heavy atom. The van der Waals surface area contributed by atoms with Crippen molar-refractivity contribution in [3.05, 3.63) is 53.7 Å². The molecule has 0 saturated carbocycles. The van der Waals surface area contributed by atoms with Gasteiger partial charge in [0.25, 0.3) is 0 Å². The second-order valence-corrected chi connectivity index (χ2v) is 6.75. The SMILES string of the molecule is C[C@@H](C(=O)Nc1ccccc1C#N)N1CCN(c2ccc(C(F)(F)F)cn2)CC1. The van der Waals surface area contributed by atoms with Gasteiger partial charge in [0, 0.05) is 32.4 Å². The number of carbonyl (C=O) groups is 1. The van der Waals surface area contributed by atoms with Gasteiger partial charge in [-0.3, -0.25) is 9.69 Å². The molecule has 9 heteroatoms. The van der Waals surface area contributed by atoms with Crippen LogP contribution in [0, 0.1) is 11.3 Å². The Balaban J connectivity index is 1.57. The van der Waals surface area contributed by atoms with Crippen LogP contribution in [0.3, 0.4) is 0 Å². The van der Waals surface area contributed by atoms with Gasteiger partial charge in [0.05, 0.1) is 22.9 Å². The first-order valence-electron chi connectivity index (χ1n) is 9.12. The molecular weight excluding hydrogens is 383 g/mol. The highest BCUT2D eigenvalue weighted by Gasteiger charge is 2.31. The third-order valence-corrected chi connectivity index (χ3v) is 4.95. The fraction of sp³-hybridized carbons (Fsp3) is 0.350. The number of para-hydroxylation sites is 1. The number of benzene rings is 1. The molecule has 1 aliphatic rings. The molecule has 1 fully saturated rings. The molecular formula is C20H20F3N5O. The molecule has 2 heterocycles. The summed E-state index contributed by atoms with van der Waals surface area (Å²) in [4.78, 5) is 20.4. The van der Waals surface area contributed by atoms with Crippen molar-refractivity contribution in [2.75, 3.05) is 36.4 Å². The van der Waals surface area contributed by atoms with E-state index in [1.807, 2.05) is 15.9 Å². The maximum atomic E-state index is 12.7. The molecule has 1 saturated heterocycles. The maximum absolute atomic E-state index is 12.7. The van der Waals surface area contributed by atoms with Crippen molar-refractivity contribution in [2.45, 2.75) is 19.1 Å². The first-order chi connectivity index (χ1) is 13.8. The van der Waals surface area contributed by atoms with Gasteiger partial charge in [-0.15, -0.1) is 0 Å². The molecule has 1 aromatic carbocycles. The summed E-state index contributed by atoms with van der Waals surface area (Å²) in [6.45, 7) is 4.01. The molecule has 6 nitrogen and oxygen atoms in total. The second-order valence-electron chi connectivity index (χ2n) is 6.75. The maximum Gasteiger partial charge on any atom is 0.417 e. The van der Waals surface area contributed by atoms with Gasteiger partial charge < -0.3 is 10.2 Å². The first kappa shape index (κ1) is 20.6. The topological polar surface area (TPSA) is 72.3 Å². The van der Waals surface area contributed by atoms with Crippen LogP contribution in [0.25, 0.3) is 0 Å². The Morgan fingerprint density at radius 3 is 2.45 bits per heavy atom. The number of hydrogen-bond donors (Lipinski definition) is 1. The molecule has 3 rings (SSSR count). The zero-order chi connectivity index (χ0) is 21.0. The Kier molecular flexibility index (Phi) is 6.03. The second kappa shape index (κ2) is 8.49. The molecule has 0 spiro atoms. The van der Waals surface area contributed by atoms with Crippen LogP contribution in [-0.2, 0) is 11.0 Å². The molecule has 0 radical (unpaired) electrons. The van der Waals surface area contributed by atoms with Crippen LogP contribution in [0.1, 0.15) is 18.1 Å². The number of nitriles is 1. The van der Waals surface area contributed by atoms with Crippen LogP contribution >= 0.6 is 0 Å². The van der Waals surface area contributed by atoms with Gasteiger partial charge in [0.2, 0.25) is 5.91 Å². The summed E-state index contributed by atoms with van der Waals surface area (Å²) < 4.78 is 38.0. The number of alkyl halides is 3. The summed E-state index contributed by atoms with van der Waals surface area (Å²) in [5.41, 5.74) is 0.0912. The lowest BCUT2D eigenvalue weighted by molar-refractivity contribution is -0.137. The van der Waals surface area contributed by atoms with Gasteiger partial charge in [-0.1, -0.05) is 12.1 Å². The Morgan fingerprint density at radius 2 is 1.86 bits per heavy atom. The number of aromatic nitrogens is 1. The van der Waals surface area contributed by atoms with Crippen LogP contribution in [-0.4, -0.2) is 48.0 Å². The van der Waals surface area contributed by atoms with E-state index in [1.54, 1.807) is 31.2 Å². The largest absolute Gasteiger partial charge is 0.417 e. The van der Waals surface area contributed by atoms with E-state index in [9.17, 15) is 18.0 Å². The van der Waals surface area contributed by atoms with E-state index in [-0.39, 0.29) is 5.91 Å². The summed E-state index contributed by atoms with van der Waals surface area (Å²) >= 11 is 0. The predicted molar refractivity (Wildman–Crippen MR) is 102 cm³/mol. The summed E-state index contributed by atoms with van der Waals surface area (Å²) in [5, 5.41) is 11.9. The highest BCUT2D eigenvalue weighted by molar-refractivity contribution is 5.95. The standard InChI is InChI=1S/C20H20F3N5O/c1-14(19(29)26-17-5-3-2-4-15(17)12-24)27-8-10-28(11-9-27)18-7-6-16(13-25-18)20(21,22)23/h2-7,13-14H,8-11H2,1H3,(H,26,29)/t14-/m0/s1. The normalized spacial score (nSPS) is 16.2. The highest BCUT2D eigenvalue weighted by atomic mass is 19.4. The van der Waals surface area contributed by atoms with E-state index in [4.69, 9.17) is 5.26 Å². The van der Waals surface area contributed by atoms with Crippen LogP contribution in [0.15, 0.2) is 42.6 Å². The number of nitrogens with zero attached hydrogens (tertiary/aromatic N) is 4. The average molecular weight is 403 g/mol. The van der Waals surface area contributed by atoms with Crippen molar-refractivity contribution in [1.82, 2.24) is 9.88 Å². The average Bonchev–Trinajstić information content (AvgIpc) is 2.73. The minimum absolute atomic E-state index is 0.214. The molecule has 152 valence electrons. The van der Waals surface area contributed by atoms with Crippen molar-refractivity contribution in [1.29, 1.82) is 5.26 Å². The summed E-state index contributed by atoms with van der Waals surface area (Å²) in [6.07, 6.45) is -3.57. The molecule has 1 N–H and O–H groups in total. The quantitative estimate of drug-likeness (QED) is 0.849. The third-order valence-electron chi connectivity index (χ3n) is 4.95. The van der Waals surface area contributed by atoms with Crippen molar-refractivity contribution < 1.29 is 18.0 Å². The van der Waals surface area contributed by atoms with Crippen LogP contribution in [0.5, 0.6) is 0 Å². The predicted octanol–water partition coefficient (Wildman–Crippen LogP) is 3.12. The summed E-state index contributed by atoms with van der Waals surface area (Å²) in [7, 11) is 0. The van der Waals surface area contributed by atoms with E-state index >= 15 is 0 Å². The lowest BCUT2D eigenvalue weighted by Crippen LogP contribution is -2.53. The molecule has 1 atom stereocenters. The molecule has 1 amide bonds. The van der Waals surface area contributed by atoms with Crippen LogP contribution < -0.4 is 10.2 Å².